The van der Waals surface area contributed by atoms with Crippen LogP contribution in [0.5, 0.6) is 0 Å². The number of carbonyl (C=O) groups is 1. The summed E-state index contributed by atoms with van der Waals surface area (Å²) in [6.07, 6.45) is 1.45. The molecule has 1 aromatic rings. The number of carboxylic acid groups (broad SMARTS) is 1. The maximum absolute atomic E-state index is 12.3. The third-order valence-electron chi connectivity index (χ3n) is 3.36. The van der Waals surface area contributed by atoms with Gasteiger partial charge in [0.15, 0.2) is 5.82 Å². The average molecular weight is 265 g/mol. The van der Waals surface area contributed by atoms with Crippen LogP contribution in [0.2, 0.25) is 0 Å². The van der Waals surface area contributed by atoms with Crippen LogP contribution in [0.3, 0.4) is 0 Å². The minimum absolute atomic E-state index is 0.162. The molecule has 0 aliphatic carbocycles. The smallest absolute Gasteiger partial charge is 0.343 e. The van der Waals surface area contributed by atoms with Crippen LogP contribution in [0.25, 0.3) is 0 Å². The van der Waals surface area contributed by atoms with Crippen LogP contribution in [0, 0.1) is 0 Å². The number of aryl methyl sites for hydroxylation is 1. The number of nitrogens with zero attached hydrogens (tertiary/aromatic N) is 3. The molecule has 1 aliphatic rings. The highest BCUT2D eigenvalue weighted by Crippen LogP contribution is 2.22. The summed E-state index contributed by atoms with van der Waals surface area (Å²) in [6.45, 7) is 3.55. The molecule has 0 radical (unpaired) electrons. The Hall–Kier alpha value is -2.18. The predicted octanol–water partition coefficient (Wildman–Crippen LogP) is 1.04. The Bertz CT molecular complexity index is 618. The Balaban J connectivity index is 2.83. The van der Waals surface area contributed by atoms with Crippen LogP contribution in [0.1, 0.15) is 54.6 Å². The zero-order valence-corrected chi connectivity index (χ0v) is 10.8. The van der Waals surface area contributed by atoms with E-state index in [4.69, 9.17) is 10.3 Å². The van der Waals surface area contributed by atoms with Gasteiger partial charge in [-0.25, -0.2) is 9.78 Å². The summed E-state index contributed by atoms with van der Waals surface area (Å²) in [6, 6.07) is -0.162. The van der Waals surface area contributed by atoms with E-state index in [1.807, 2.05) is 6.92 Å². The number of rotatable bonds is 2. The topological polar surface area (TPSA) is 105 Å². The fourth-order valence-electron chi connectivity index (χ4n) is 2.34. The number of fused-ring (bicyclic) bond motifs is 1. The minimum Gasteiger partial charge on any atom is -0.477 e. The molecule has 7 nitrogen and oxygen atoms in total. The van der Waals surface area contributed by atoms with E-state index in [2.05, 4.69) is 10.1 Å². The predicted molar refractivity (Wildman–Crippen MR) is 67.1 cm³/mol. The van der Waals surface area contributed by atoms with Crippen molar-refractivity contribution in [3.05, 3.63) is 27.4 Å². The maximum Gasteiger partial charge on any atom is 0.343 e. The van der Waals surface area contributed by atoms with E-state index in [0.717, 1.165) is 0 Å². The van der Waals surface area contributed by atoms with Crippen molar-refractivity contribution in [2.45, 2.75) is 39.2 Å². The second-order valence-electron chi connectivity index (χ2n) is 4.53. The Labute approximate surface area is 109 Å². The lowest BCUT2D eigenvalue weighted by atomic mass is 10.0. The van der Waals surface area contributed by atoms with Gasteiger partial charge in [-0.05, 0) is 26.2 Å². The number of aromatic carboxylic acids is 1. The van der Waals surface area contributed by atoms with Gasteiger partial charge in [0.1, 0.15) is 11.3 Å². The standard InChI is InChI=1S/C12H15N3O4/c1-3-7-9(12(17)18)11(16)15-6(2)4-5-8(14-19)10(15)13-7/h6,19H,3-5H2,1-2H3,(H,17,18)/b14-8+. The lowest BCUT2D eigenvalue weighted by Gasteiger charge is -2.25. The summed E-state index contributed by atoms with van der Waals surface area (Å²) in [7, 11) is 0. The summed E-state index contributed by atoms with van der Waals surface area (Å²) in [5.74, 6) is -1.00. The molecule has 0 saturated carbocycles. The molecule has 7 heteroatoms. The van der Waals surface area contributed by atoms with Crippen LogP contribution in [-0.2, 0) is 6.42 Å². The molecule has 1 aromatic heterocycles. The highest BCUT2D eigenvalue weighted by atomic mass is 16.4. The van der Waals surface area contributed by atoms with Crippen LogP contribution < -0.4 is 5.56 Å². The summed E-state index contributed by atoms with van der Waals surface area (Å²) in [4.78, 5) is 27.7. The van der Waals surface area contributed by atoms with Gasteiger partial charge in [0, 0.05) is 6.04 Å². The maximum atomic E-state index is 12.3. The lowest BCUT2D eigenvalue weighted by molar-refractivity contribution is 0.0692. The van der Waals surface area contributed by atoms with Gasteiger partial charge in [0.2, 0.25) is 0 Å². The van der Waals surface area contributed by atoms with Crippen molar-refractivity contribution < 1.29 is 15.1 Å². The van der Waals surface area contributed by atoms with Crippen LogP contribution in [-0.4, -0.2) is 31.5 Å². The Morgan fingerprint density at radius 2 is 2.26 bits per heavy atom. The van der Waals surface area contributed by atoms with Gasteiger partial charge in [-0.1, -0.05) is 12.1 Å². The molecule has 0 bridgehead atoms. The van der Waals surface area contributed by atoms with Gasteiger partial charge in [-0.2, -0.15) is 0 Å². The molecule has 2 heterocycles. The normalized spacial score (nSPS) is 20.3. The molecule has 1 atom stereocenters. The molecular formula is C12H15N3O4. The molecule has 102 valence electrons. The third kappa shape index (κ3) is 2.00. The summed E-state index contributed by atoms with van der Waals surface area (Å²) in [5, 5.41) is 21.3. The number of carboxylic acids is 1. The fourth-order valence-corrected chi connectivity index (χ4v) is 2.34. The lowest BCUT2D eigenvalue weighted by Crippen LogP contribution is -2.38. The Morgan fingerprint density at radius 3 is 2.79 bits per heavy atom. The Morgan fingerprint density at radius 1 is 1.58 bits per heavy atom. The summed E-state index contributed by atoms with van der Waals surface area (Å²) in [5.41, 5.74) is -0.333. The number of hydrogen-bond donors (Lipinski definition) is 2. The van der Waals surface area contributed by atoms with Crippen LogP contribution in [0.15, 0.2) is 9.95 Å². The van der Waals surface area contributed by atoms with Crippen molar-refractivity contribution in [2.24, 2.45) is 5.16 Å². The molecule has 1 unspecified atom stereocenters. The molecule has 2 rings (SSSR count). The molecule has 0 aromatic carbocycles. The van der Waals surface area contributed by atoms with E-state index in [1.54, 1.807) is 6.92 Å². The molecule has 1 aliphatic heterocycles. The quantitative estimate of drug-likeness (QED) is 0.614. The van der Waals surface area contributed by atoms with E-state index in [9.17, 15) is 9.59 Å². The average Bonchev–Trinajstić information content (AvgIpc) is 2.37. The molecule has 0 fully saturated rings. The van der Waals surface area contributed by atoms with Crippen molar-refractivity contribution >= 4 is 11.7 Å². The van der Waals surface area contributed by atoms with Crippen LogP contribution in [0.4, 0.5) is 0 Å². The van der Waals surface area contributed by atoms with Gasteiger partial charge in [0.25, 0.3) is 5.56 Å². The van der Waals surface area contributed by atoms with Crippen molar-refractivity contribution in [3.8, 4) is 0 Å². The van der Waals surface area contributed by atoms with Gasteiger partial charge >= 0.3 is 5.97 Å². The number of aromatic nitrogens is 2. The van der Waals surface area contributed by atoms with E-state index in [-0.39, 0.29) is 23.1 Å². The van der Waals surface area contributed by atoms with Crippen molar-refractivity contribution in [2.75, 3.05) is 0 Å². The first-order valence-electron chi connectivity index (χ1n) is 6.11. The van der Waals surface area contributed by atoms with Gasteiger partial charge in [-0.3, -0.25) is 9.36 Å². The second-order valence-corrected chi connectivity index (χ2v) is 4.53. The molecule has 0 saturated heterocycles. The minimum atomic E-state index is -1.27. The van der Waals surface area contributed by atoms with E-state index in [0.29, 0.717) is 25.0 Å². The third-order valence-corrected chi connectivity index (χ3v) is 3.36. The SMILES string of the molecule is CCc1nc2n(c(=O)c1C(=O)O)C(C)CC/C2=N\O. The van der Waals surface area contributed by atoms with Crippen molar-refractivity contribution in [1.29, 1.82) is 0 Å². The first-order valence-corrected chi connectivity index (χ1v) is 6.11. The molecule has 0 amide bonds. The number of oxime groups is 1. The highest BCUT2D eigenvalue weighted by Gasteiger charge is 2.29. The molecule has 19 heavy (non-hydrogen) atoms. The summed E-state index contributed by atoms with van der Waals surface area (Å²) >= 11 is 0. The second kappa shape index (κ2) is 4.83. The number of hydrogen-bond acceptors (Lipinski definition) is 5. The monoisotopic (exact) mass is 265 g/mol. The van der Waals surface area contributed by atoms with E-state index >= 15 is 0 Å². The molecule has 2 N–H and O–H groups in total. The fraction of sp³-hybridized carbons (Fsp3) is 0.500. The highest BCUT2D eigenvalue weighted by molar-refractivity contribution is 5.98. The summed E-state index contributed by atoms with van der Waals surface area (Å²) < 4.78 is 1.31. The van der Waals surface area contributed by atoms with Crippen molar-refractivity contribution in [3.63, 3.8) is 0 Å². The van der Waals surface area contributed by atoms with Crippen LogP contribution >= 0.6 is 0 Å². The zero-order valence-electron chi connectivity index (χ0n) is 10.8. The van der Waals surface area contributed by atoms with Gasteiger partial charge in [0.05, 0.1) is 5.69 Å². The first kappa shape index (κ1) is 13.3. The van der Waals surface area contributed by atoms with E-state index < -0.39 is 11.5 Å². The van der Waals surface area contributed by atoms with Gasteiger partial charge in [-0.15, -0.1) is 0 Å². The van der Waals surface area contributed by atoms with Gasteiger partial charge < -0.3 is 10.3 Å². The zero-order chi connectivity index (χ0) is 14.2. The molecule has 0 spiro atoms. The molecular weight excluding hydrogens is 250 g/mol. The van der Waals surface area contributed by atoms with Crippen molar-refractivity contribution in [1.82, 2.24) is 9.55 Å². The largest absolute Gasteiger partial charge is 0.477 e. The Kier molecular flexibility index (Phi) is 3.37. The van der Waals surface area contributed by atoms with E-state index in [1.165, 1.54) is 4.57 Å². The first-order chi connectivity index (χ1) is 9.01.